The number of aromatic nitrogens is 3. The molecule has 27 heavy (non-hydrogen) atoms. The first-order chi connectivity index (χ1) is 12.8. The smallest absolute Gasteiger partial charge is 0.264 e. The van der Waals surface area contributed by atoms with E-state index in [4.69, 9.17) is 40.2 Å². The molecule has 0 unspecified atom stereocenters. The van der Waals surface area contributed by atoms with Gasteiger partial charge < -0.3 is 9.30 Å². The van der Waals surface area contributed by atoms with Gasteiger partial charge in [-0.05, 0) is 30.4 Å². The number of methoxy groups -OCH3 is 1. The fourth-order valence-corrected chi connectivity index (χ4v) is 3.24. The van der Waals surface area contributed by atoms with Gasteiger partial charge in [-0.2, -0.15) is 0 Å². The molecule has 0 aliphatic rings. The van der Waals surface area contributed by atoms with Crippen LogP contribution in [0.5, 0.6) is 0 Å². The van der Waals surface area contributed by atoms with E-state index >= 15 is 0 Å². The van der Waals surface area contributed by atoms with Crippen LogP contribution in [0.3, 0.4) is 0 Å². The second-order valence-electron chi connectivity index (χ2n) is 5.63. The standard InChI is InChI=1S/C17H13Cl2F2N3O2S/c1-26-5-4-24-15-13(16(25)23-17(24)27)9(14(20)21)7-12(22-15)8-2-3-10(18)11(19)6-8/h2-3,6-7,14H,4-5H2,1H3,(H,23,25,27). The highest BCUT2D eigenvalue weighted by Gasteiger charge is 2.20. The zero-order valence-corrected chi connectivity index (χ0v) is 16.3. The molecule has 0 spiro atoms. The quantitative estimate of drug-likeness (QED) is 0.576. The minimum absolute atomic E-state index is 0.0553. The van der Waals surface area contributed by atoms with Crippen molar-refractivity contribution in [2.24, 2.45) is 0 Å². The van der Waals surface area contributed by atoms with Crippen LogP contribution < -0.4 is 5.56 Å². The monoisotopic (exact) mass is 431 g/mol. The SMILES string of the molecule is COCCn1c(=S)[nH]c(=O)c2c(C(F)F)cc(-c3ccc(Cl)c(Cl)c3)nc21. The van der Waals surface area contributed by atoms with Crippen molar-refractivity contribution < 1.29 is 13.5 Å². The third-order valence-corrected chi connectivity index (χ3v) is 5.01. The van der Waals surface area contributed by atoms with E-state index in [0.717, 1.165) is 0 Å². The Morgan fingerprint density at radius 3 is 2.67 bits per heavy atom. The highest BCUT2D eigenvalue weighted by atomic mass is 35.5. The van der Waals surface area contributed by atoms with Crippen molar-refractivity contribution in [3.8, 4) is 11.3 Å². The fraction of sp³-hybridized carbons (Fsp3) is 0.235. The van der Waals surface area contributed by atoms with Gasteiger partial charge in [0.25, 0.3) is 12.0 Å². The third-order valence-electron chi connectivity index (χ3n) is 3.95. The van der Waals surface area contributed by atoms with Gasteiger partial charge in [0.1, 0.15) is 5.65 Å². The Labute approximate surface area is 167 Å². The number of pyridine rings is 1. The second-order valence-corrected chi connectivity index (χ2v) is 6.83. The molecule has 0 fully saturated rings. The van der Waals surface area contributed by atoms with Crippen molar-refractivity contribution in [2.75, 3.05) is 13.7 Å². The Balaban J connectivity index is 2.38. The van der Waals surface area contributed by atoms with Crippen LogP contribution in [0, 0.1) is 4.77 Å². The molecule has 1 aromatic carbocycles. The molecule has 3 rings (SSSR count). The largest absolute Gasteiger partial charge is 0.383 e. The summed E-state index contributed by atoms with van der Waals surface area (Å²) in [5.41, 5.74) is -0.393. The van der Waals surface area contributed by atoms with Crippen molar-refractivity contribution in [1.29, 1.82) is 0 Å². The molecule has 0 saturated heterocycles. The first kappa shape index (κ1) is 19.9. The van der Waals surface area contributed by atoms with E-state index < -0.39 is 17.5 Å². The zero-order chi connectivity index (χ0) is 19.7. The minimum atomic E-state index is -2.88. The van der Waals surface area contributed by atoms with Gasteiger partial charge in [0, 0.05) is 18.2 Å². The number of halogens is 4. The number of benzene rings is 1. The van der Waals surface area contributed by atoms with Crippen LogP contribution in [0.2, 0.25) is 10.0 Å². The highest BCUT2D eigenvalue weighted by Crippen LogP contribution is 2.32. The first-order valence-electron chi connectivity index (χ1n) is 7.73. The first-order valence-corrected chi connectivity index (χ1v) is 8.90. The van der Waals surface area contributed by atoms with Gasteiger partial charge in [-0.3, -0.25) is 9.78 Å². The molecule has 0 bridgehead atoms. The molecular formula is C17H13Cl2F2N3O2S. The van der Waals surface area contributed by atoms with Crippen LogP contribution in [0.1, 0.15) is 12.0 Å². The summed E-state index contributed by atoms with van der Waals surface area (Å²) in [6.07, 6.45) is -2.88. The summed E-state index contributed by atoms with van der Waals surface area (Å²) in [5, 5.41) is 0.380. The van der Waals surface area contributed by atoms with Crippen molar-refractivity contribution >= 4 is 46.5 Å². The molecule has 2 aromatic heterocycles. The predicted molar refractivity (Wildman–Crippen MR) is 103 cm³/mol. The van der Waals surface area contributed by atoms with E-state index in [1.807, 2.05) is 0 Å². The van der Waals surface area contributed by atoms with Crippen molar-refractivity contribution in [1.82, 2.24) is 14.5 Å². The summed E-state index contributed by atoms with van der Waals surface area (Å²) in [6.45, 7) is 0.501. The second kappa shape index (κ2) is 8.02. The van der Waals surface area contributed by atoms with Gasteiger partial charge in [0.05, 0.1) is 34.3 Å². The van der Waals surface area contributed by atoms with E-state index in [1.165, 1.54) is 23.8 Å². The van der Waals surface area contributed by atoms with E-state index in [9.17, 15) is 13.6 Å². The van der Waals surface area contributed by atoms with Crippen LogP contribution in [0.4, 0.5) is 8.78 Å². The average Bonchev–Trinajstić information content (AvgIpc) is 2.62. The highest BCUT2D eigenvalue weighted by molar-refractivity contribution is 7.71. The minimum Gasteiger partial charge on any atom is -0.383 e. The van der Waals surface area contributed by atoms with Crippen LogP contribution in [-0.4, -0.2) is 28.3 Å². The lowest BCUT2D eigenvalue weighted by Crippen LogP contribution is -2.19. The maximum absolute atomic E-state index is 13.7. The van der Waals surface area contributed by atoms with Crippen molar-refractivity contribution in [2.45, 2.75) is 13.0 Å². The number of nitrogens with one attached hydrogen (secondary N) is 1. The molecule has 10 heteroatoms. The van der Waals surface area contributed by atoms with Crippen molar-refractivity contribution in [3.05, 3.63) is 55.0 Å². The zero-order valence-electron chi connectivity index (χ0n) is 13.9. The number of aromatic amines is 1. The maximum Gasteiger partial charge on any atom is 0.264 e. The van der Waals surface area contributed by atoms with Crippen LogP contribution in [0.15, 0.2) is 29.1 Å². The number of alkyl halides is 2. The molecule has 2 heterocycles. The van der Waals surface area contributed by atoms with Crippen LogP contribution in [0.25, 0.3) is 22.3 Å². The van der Waals surface area contributed by atoms with Gasteiger partial charge in [-0.25, -0.2) is 13.8 Å². The number of H-pyrrole nitrogens is 1. The Morgan fingerprint density at radius 2 is 2.04 bits per heavy atom. The Hall–Kier alpha value is -1.87. The summed E-state index contributed by atoms with van der Waals surface area (Å²) in [6, 6.07) is 5.85. The maximum atomic E-state index is 13.7. The summed E-state index contributed by atoms with van der Waals surface area (Å²) in [7, 11) is 1.50. The van der Waals surface area contributed by atoms with Gasteiger partial charge in [-0.15, -0.1) is 0 Å². The Bertz CT molecular complexity index is 1130. The molecule has 3 aromatic rings. The lowest BCUT2D eigenvalue weighted by atomic mass is 10.1. The number of ether oxygens (including phenoxy) is 1. The van der Waals surface area contributed by atoms with Crippen LogP contribution >= 0.6 is 35.4 Å². The summed E-state index contributed by atoms with van der Waals surface area (Å²) >= 11 is 17.1. The molecule has 0 saturated carbocycles. The molecule has 0 atom stereocenters. The van der Waals surface area contributed by atoms with E-state index in [-0.39, 0.29) is 39.7 Å². The summed E-state index contributed by atoms with van der Waals surface area (Å²) in [5.74, 6) is 0. The van der Waals surface area contributed by atoms with Gasteiger partial charge in [0.15, 0.2) is 4.77 Å². The van der Waals surface area contributed by atoms with Gasteiger partial charge >= 0.3 is 0 Å². The van der Waals surface area contributed by atoms with Crippen molar-refractivity contribution in [3.63, 3.8) is 0 Å². The van der Waals surface area contributed by atoms with Gasteiger partial charge in [0.2, 0.25) is 0 Å². The predicted octanol–water partition coefficient (Wildman–Crippen LogP) is 5.01. The molecule has 5 nitrogen and oxygen atoms in total. The fourth-order valence-electron chi connectivity index (χ4n) is 2.67. The Kier molecular flexibility index (Phi) is 5.90. The molecule has 0 aliphatic heterocycles. The lowest BCUT2D eigenvalue weighted by molar-refractivity contribution is 0.153. The average molecular weight is 432 g/mol. The number of nitrogens with zero attached hydrogens (tertiary/aromatic N) is 2. The topological polar surface area (TPSA) is 59.9 Å². The summed E-state index contributed by atoms with van der Waals surface area (Å²) in [4.78, 5) is 19.2. The summed E-state index contributed by atoms with van der Waals surface area (Å²) < 4.78 is 34.0. The normalized spacial score (nSPS) is 11.5. The van der Waals surface area contributed by atoms with Gasteiger partial charge in [-0.1, -0.05) is 29.3 Å². The number of fused-ring (bicyclic) bond motifs is 1. The molecule has 0 radical (unpaired) electrons. The van der Waals surface area contributed by atoms with Crippen LogP contribution in [-0.2, 0) is 11.3 Å². The van der Waals surface area contributed by atoms with E-state index in [0.29, 0.717) is 10.6 Å². The van der Waals surface area contributed by atoms with E-state index in [1.54, 1.807) is 12.1 Å². The number of hydrogen-bond donors (Lipinski definition) is 1. The molecule has 0 amide bonds. The Morgan fingerprint density at radius 1 is 1.30 bits per heavy atom. The molecule has 0 aliphatic carbocycles. The molecule has 1 N–H and O–H groups in total. The van der Waals surface area contributed by atoms with E-state index in [2.05, 4.69) is 9.97 Å². The molecule has 142 valence electrons. The number of rotatable bonds is 5. The number of hydrogen-bond acceptors (Lipinski definition) is 4. The lowest BCUT2D eigenvalue weighted by Gasteiger charge is -2.14. The molecular weight excluding hydrogens is 419 g/mol. The third kappa shape index (κ3) is 3.89.